The first-order valence-electron chi connectivity index (χ1n) is 13.8. The van der Waals surface area contributed by atoms with Crippen LogP contribution in [0, 0.1) is 19.8 Å². The molecule has 0 saturated carbocycles. The monoisotopic (exact) mass is 570 g/mol. The highest BCUT2D eigenvalue weighted by Gasteiger charge is 2.29. The van der Waals surface area contributed by atoms with Gasteiger partial charge in [-0.1, -0.05) is 18.3 Å². The maximum Gasteiger partial charge on any atom is 0.260 e. The van der Waals surface area contributed by atoms with Gasteiger partial charge >= 0.3 is 0 Å². The number of rotatable bonds is 8. The number of morpholine rings is 1. The summed E-state index contributed by atoms with van der Waals surface area (Å²) in [4.78, 5) is 23.0. The molecular weight excluding hydrogens is 532 g/mol. The average Bonchev–Trinajstić information content (AvgIpc) is 3.33. The molecule has 10 heteroatoms. The number of sulfonamides is 1. The van der Waals surface area contributed by atoms with E-state index in [2.05, 4.69) is 37.8 Å². The van der Waals surface area contributed by atoms with Crippen LogP contribution in [0.3, 0.4) is 0 Å². The van der Waals surface area contributed by atoms with E-state index in [-0.39, 0.29) is 10.8 Å². The van der Waals surface area contributed by atoms with Crippen LogP contribution in [0.15, 0.2) is 41.3 Å². The lowest BCUT2D eigenvalue weighted by Crippen LogP contribution is -2.39. The minimum Gasteiger partial charge on any atom is -0.379 e. The van der Waals surface area contributed by atoms with Crippen LogP contribution in [0.25, 0.3) is 10.2 Å². The second kappa shape index (κ2) is 12.0. The molecule has 2 aliphatic rings. The highest BCUT2D eigenvalue weighted by atomic mass is 32.2. The summed E-state index contributed by atoms with van der Waals surface area (Å²) in [6.07, 6.45) is 2.72. The molecule has 0 aliphatic carbocycles. The fraction of sp³-hybridized carbons (Fsp3) is 0.517. The number of piperidine rings is 1. The molecule has 0 radical (unpaired) electrons. The lowest BCUT2D eigenvalue weighted by atomic mass is 10.0. The zero-order chi connectivity index (χ0) is 27.6. The summed E-state index contributed by atoms with van der Waals surface area (Å²) in [7, 11) is -3.58. The molecule has 2 fully saturated rings. The van der Waals surface area contributed by atoms with E-state index < -0.39 is 10.0 Å². The topological polar surface area (TPSA) is 83.0 Å². The van der Waals surface area contributed by atoms with Crippen molar-refractivity contribution in [3.8, 4) is 0 Å². The van der Waals surface area contributed by atoms with E-state index in [0.717, 1.165) is 62.3 Å². The Morgan fingerprint density at radius 3 is 2.54 bits per heavy atom. The van der Waals surface area contributed by atoms with Crippen LogP contribution in [0.4, 0.5) is 5.13 Å². The number of fused-ring (bicyclic) bond motifs is 1. The number of hydrogen-bond acceptors (Lipinski definition) is 7. The molecule has 0 N–H and O–H groups in total. The van der Waals surface area contributed by atoms with Gasteiger partial charge in [-0.25, -0.2) is 13.4 Å². The molecule has 2 saturated heterocycles. The minimum atomic E-state index is -3.58. The maximum absolute atomic E-state index is 13.8. The van der Waals surface area contributed by atoms with Crippen LogP contribution in [-0.2, 0) is 14.8 Å². The van der Waals surface area contributed by atoms with E-state index in [1.165, 1.54) is 22.5 Å². The van der Waals surface area contributed by atoms with Gasteiger partial charge in [-0.15, -0.1) is 0 Å². The van der Waals surface area contributed by atoms with E-state index in [9.17, 15) is 13.2 Å². The van der Waals surface area contributed by atoms with Gasteiger partial charge in [0, 0.05) is 44.8 Å². The predicted molar refractivity (Wildman–Crippen MR) is 156 cm³/mol. The molecule has 2 aromatic carbocycles. The number of ether oxygens (including phenoxy) is 1. The lowest BCUT2D eigenvalue weighted by Gasteiger charge is -2.30. The van der Waals surface area contributed by atoms with Gasteiger partial charge in [-0.3, -0.25) is 14.6 Å². The highest BCUT2D eigenvalue weighted by Crippen LogP contribution is 2.32. The van der Waals surface area contributed by atoms with Crippen LogP contribution in [0.5, 0.6) is 0 Å². The molecule has 1 atom stereocenters. The summed E-state index contributed by atoms with van der Waals surface area (Å²) in [5.74, 6) is 0.182. The Labute approximate surface area is 235 Å². The molecule has 1 amide bonds. The fourth-order valence-corrected chi connectivity index (χ4v) is 7.95. The number of hydrogen-bond donors (Lipinski definition) is 0. The number of thiazole rings is 1. The van der Waals surface area contributed by atoms with Gasteiger partial charge in [0.25, 0.3) is 5.91 Å². The van der Waals surface area contributed by atoms with Crippen LogP contribution in [0.1, 0.15) is 47.7 Å². The molecule has 3 heterocycles. The zero-order valence-electron chi connectivity index (χ0n) is 23.1. The first-order valence-corrected chi connectivity index (χ1v) is 16.1. The highest BCUT2D eigenvalue weighted by molar-refractivity contribution is 7.89. The van der Waals surface area contributed by atoms with Crippen molar-refractivity contribution in [2.75, 3.05) is 57.4 Å². The van der Waals surface area contributed by atoms with Gasteiger partial charge in [0.05, 0.1) is 28.3 Å². The number of carbonyl (C=O) groups excluding carboxylic acids is 1. The first kappa shape index (κ1) is 28.2. The van der Waals surface area contributed by atoms with Gasteiger partial charge in [0.2, 0.25) is 10.0 Å². The van der Waals surface area contributed by atoms with Gasteiger partial charge in [-0.05, 0) is 86.6 Å². The summed E-state index contributed by atoms with van der Waals surface area (Å²) in [6.45, 7) is 12.0. The van der Waals surface area contributed by atoms with Gasteiger partial charge < -0.3 is 4.74 Å². The fourth-order valence-electron chi connectivity index (χ4n) is 5.28. The normalized spacial score (nSPS) is 19.4. The summed E-state index contributed by atoms with van der Waals surface area (Å²) in [6, 6.07) is 10.6. The predicted octanol–water partition coefficient (Wildman–Crippen LogP) is 4.70. The number of nitrogens with zero attached hydrogens (tertiary/aromatic N) is 4. The Hall–Kier alpha value is -2.37. The molecule has 0 spiro atoms. The average molecular weight is 571 g/mol. The quantitative estimate of drug-likeness (QED) is 0.390. The number of aryl methyl sites for hydroxylation is 2. The summed E-state index contributed by atoms with van der Waals surface area (Å²) in [5.41, 5.74) is 3.72. The standard InChI is InChI=1S/C29H38N4O4S2/c1-21-6-4-12-32(20-21)39(35,36)25-9-7-24(8-10-25)28(34)33(13-5-11-31-14-16-37-17-15-31)29-30-26-18-22(2)23(3)19-27(26)38-29/h7-10,18-19,21H,4-6,11-17,20H2,1-3H3. The van der Waals surface area contributed by atoms with Crippen molar-refractivity contribution >= 4 is 42.6 Å². The van der Waals surface area contributed by atoms with E-state index in [1.807, 2.05) is 0 Å². The van der Waals surface area contributed by atoms with Gasteiger partial charge in [0.1, 0.15) is 0 Å². The van der Waals surface area contributed by atoms with E-state index >= 15 is 0 Å². The number of anilines is 1. The number of amides is 1. The molecule has 3 aromatic rings. The van der Waals surface area contributed by atoms with E-state index in [0.29, 0.717) is 36.2 Å². The number of carbonyl (C=O) groups is 1. The van der Waals surface area contributed by atoms with Crippen molar-refractivity contribution in [3.63, 3.8) is 0 Å². The van der Waals surface area contributed by atoms with Crippen molar-refractivity contribution in [1.82, 2.24) is 14.2 Å². The molecule has 210 valence electrons. The first-order chi connectivity index (χ1) is 18.7. The Balaban J connectivity index is 1.38. The third kappa shape index (κ3) is 6.36. The van der Waals surface area contributed by atoms with Crippen LogP contribution in [0.2, 0.25) is 0 Å². The molecule has 1 aromatic heterocycles. The Morgan fingerprint density at radius 1 is 1.10 bits per heavy atom. The summed E-state index contributed by atoms with van der Waals surface area (Å²) >= 11 is 1.52. The molecule has 39 heavy (non-hydrogen) atoms. The molecule has 2 aliphatic heterocycles. The second-order valence-corrected chi connectivity index (χ2v) is 13.7. The smallest absolute Gasteiger partial charge is 0.260 e. The molecule has 5 rings (SSSR count). The van der Waals surface area contributed by atoms with Crippen molar-refractivity contribution in [3.05, 3.63) is 53.1 Å². The zero-order valence-corrected chi connectivity index (χ0v) is 24.7. The maximum atomic E-state index is 13.8. The third-order valence-electron chi connectivity index (χ3n) is 7.79. The molecular formula is C29H38N4O4S2. The summed E-state index contributed by atoms with van der Waals surface area (Å²) in [5, 5.41) is 0.668. The molecule has 1 unspecified atom stereocenters. The van der Waals surface area contributed by atoms with Crippen LogP contribution >= 0.6 is 11.3 Å². The number of benzene rings is 2. The van der Waals surface area contributed by atoms with E-state index in [1.54, 1.807) is 33.5 Å². The summed E-state index contributed by atoms with van der Waals surface area (Å²) < 4.78 is 34.5. The Kier molecular flexibility index (Phi) is 8.68. The SMILES string of the molecule is Cc1cc2nc(N(CCCN3CCOCC3)C(=O)c3ccc(S(=O)(=O)N4CCCC(C)C4)cc3)sc2cc1C. The van der Waals surface area contributed by atoms with E-state index in [4.69, 9.17) is 9.72 Å². The molecule has 8 nitrogen and oxygen atoms in total. The Bertz CT molecular complexity index is 1380. The van der Waals surface area contributed by atoms with Crippen molar-refractivity contribution in [2.45, 2.75) is 44.9 Å². The number of aromatic nitrogens is 1. The van der Waals surface area contributed by atoms with Crippen LogP contribution in [-0.4, -0.2) is 81.0 Å². The van der Waals surface area contributed by atoms with Gasteiger partial charge in [0.15, 0.2) is 5.13 Å². The minimum absolute atomic E-state index is 0.167. The van der Waals surface area contributed by atoms with Crippen LogP contribution < -0.4 is 4.90 Å². The van der Waals surface area contributed by atoms with Crippen molar-refractivity contribution < 1.29 is 17.9 Å². The third-order valence-corrected chi connectivity index (χ3v) is 10.7. The van der Waals surface area contributed by atoms with Gasteiger partial charge in [-0.2, -0.15) is 4.31 Å². The lowest BCUT2D eigenvalue weighted by molar-refractivity contribution is 0.0376. The van der Waals surface area contributed by atoms with Crippen molar-refractivity contribution in [2.24, 2.45) is 5.92 Å². The second-order valence-electron chi connectivity index (χ2n) is 10.8. The van der Waals surface area contributed by atoms with Crippen molar-refractivity contribution in [1.29, 1.82) is 0 Å². The largest absolute Gasteiger partial charge is 0.379 e. The Morgan fingerprint density at radius 2 is 1.82 bits per heavy atom. The molecule has 0 bridgehead atoms.